The van der Waals surface area contributed by atoms with Gasteiger partial charge in [0.05, 0.1) is 12.4 Å². The Morgan fingerprint density at radius 2 is 2.06 bits per heavy atom. The lowest BCUT2D eigenvalue weighted by molar-refractivity contribution is 0.300. The summed E-state index contributed by atoms with van der Waals surface area (Å²) in [6, 6.07) is 8.00. The summed E-state index contributed by atoms with van der Waals surface area (Å²) in [6.07, 6.45) is 0. The summed E-state index contributed by atoms with van der Waals surface area (Å²) in [5.41, 5.74) is 2.16. The van der Waals surface area contributed by atoms with Crippen molar-refractivity contribution in [2.45, 2.75) is 24.9 Å². The second kappa shape index (κ2) is 6.02. The van der Waals surface area contributed by atoms with Crippen LogP contribution in [-0.4, -0.2) is 27.1 Å². The van der Waals surface area contributed by atoms with Crippen LogP contribution in [-0.2, 0) is 5.75 Å². The lowest BCUT2D eigenvalue weighted by Crippen LogP contribution is -2.02. The number of hydrogen-bond donors (Lipinski definition) is 1. The van der Waals surface area contributed by atoms with Gasteiger partial charge in [0.25, 0.3) is 0 Å². The van der Waals surface area contributed by atoms with E-state index in [9.17, 15) is 0 Å². The Morgan fingerprint density at radius 1 is 1.33 bits per heavy atom. The fourth-order valence-corrected chi connectivity index (χ4v) is 2.05. The van der Waals surface area contributed by atoms with Crippen LogP contribution in [0.4, 0.5) is 0 Å². The van der Waals surface area contributed by atoms with Crippen molar-refractivity contribution in [3.63, 3.8) is 0 Å². The minimum absolute atomic E-state index is 0.156. The van der Waals surface area contributed by atoms with E-state index in [2.05, 4.69) is 10.1 Å². The first-order chi connectivity index (χ1) is 8.69. The first kappa shape index (κ1) is 13.1. The number of aryl methyl sites for hydroxylation is 1. The summed E-state index contributed by atoms with van der Waals surface area (Å²) in [7, 11) is 0. The molecular weight excluding hydrogens is 248 g/mol. The van der Waals surface area contributed by atoms with Crippen LogP contribution < -0.4 is 0 Å². The fraction of sp³-hybridized carbons (Fsp3) is 0.385. The highest BCUT2D eigenvalue weighted by Gasteiger charge is 2.10. The molecule has 2 rings (SSSR count). The Bertz CT molecular complexity index is 496. The molecule has 4 nitrogen and oxygen atoms in total. The maximum Gasteiger partial charge on any atom is 0.236 e. The van der Waals surface area contributed by atoms with Gasteiger partial charge in [-0.25, -0.2) is 0 Å². The molecule has 0 saturated heterocycles. The van der Waals surface area contributed by atoms with Crippen molar-refractivity contribution in [3.05, 3.63) is 35.7 Å². The van der Waals surface area contributed by atoms with Crippen molar-refractivity contribution in [3.8, 4) is 11.4 Å². The van der Waals surface area contributed by atoms with Crippen molar-refractivity contribution in [2.75, 3.05) is 6.61 Å². The zero-order valence-electron chi connectivity index (χ0n) is 10.5. The predicted molar refractivity (Wildman–Crippen MR) is 72.3 cm³/mol. The first-order valence-corrected chi connectivity index (χ1v) is 6.86. The number of aliphatic hydroxyl groups is 1. The van der Waals surface area contributed by atoms with Crippen molar-refractivity contribution in [1.29, 1.82) is 0 Å². The molecule has 0 amide bonds. The standard InChI is InChI=1S/C13H16N2O2S/c1-9-3-5-11(6-4-9)13-14-12(17-15-13)8-18-10(2)7-16/h3-6,10,16H,7-8H2,1-2H3. The Morgan fingerprint density at radius 3 is 2.72 bits per heavy atom. The Hall–Kier alpha value is -1.33. The summed E-state index contributed by atoms with van der Waals surface area (Å²) in [5.74, 6) is 1.83. The molecule has 1 heterocycles. The molecule has 5 heteroatoms. The first-order valence-electron chi connectivity index (χ1n) is 5.81. The van der Waals surface area contributed by atoms with E-state index in [1.807, 2.05) is 38.1 Å². The molecule has 1 aromatic carbocycles. The van der Waals surface area contributed by atoms with Crippen LogP contribution in [0.25, 0.3) is 11.4 Å². The third-order valence-corrected chi connectivity index (χ3v) is 3.66. The number of thioether (sulfide) groups is 1. The van der Waals surface area contributed by atoms with E-state index >= 15 is 0 Å². The molecule has 0 radical (unpaired) electrons. The highest BCUT2D eigenvalue weighted by atomic mass is 32.2. The SMILES string of the molecule is Cc1ccc(-c2noc(CSC(C)CO)n2)cc1. The molecule has 0 spiro atoms. The number of hydrogen-bond acceptors (Lipinski definition) is 5. The summed E-state index contributed by atoms with van der Waals surface area (Å²) >= 11 is 1.59. The summed E-state index contributed by atoms with van der Waals surface area (Å²) in [4.78, 5) is 4.34. The van der Waals surface area contributed by atoms with Crippen LogP contribution in [0.5, 0.6) is 0 Å². The van der Waals surface area contributed by atoms with Gasteiger partial charge in [-0.1, -0.05) is 41.9 Å². The maximum atomic E-state index is 8.93. The molecule has 0 aliphatic carbocycles. The zero-order valence-corrected chi connectivity index (χ0v) is 11.3. The number of aromatic nitrogens is 2. The van der Waals surface area contributed by atoms with Gasteiger partial charge < -0.3 is 9.63 Å². The molecule has 0 fully saturated rings. The van der Waals surface area contributed by atoms with Crippen molar-refractivity contribution >= 4 is 11.8 Å². The van der Waals surface area contributed by atoms with Gasteiger partial charge in [-0.05, 0) is 6.92 Å². The largest absolute Gasteiger partial charge is 0.395 e. The van der Waals surface area contributed by atoms with Gasteiger partial charge >= 0.3 is 0 Å². The number of rotatable bonds is 5. The van der Waals surface area contributed by atoms with Gasteiger partial charge in [-0.3, -0.25) is 0 Å². The topological polar surface area (TPSA) is 59.2 Å². The average Bonchev–Trinajstić information content (AvgIpc) is 2.85. The zero-order chi connectivity index (χ0) is 13.0. The van der Waals surface area contributed by atoms with E-state index < -0.39 is 0 Å². The molecular formula is C13H16N2O2S. The third kappa shape index (κ3) is 3.34. The van der Waals surface area contributed by atoms with Gasteiger partial charge in [-0.15, -0.1) is 11.8 Å². The molecule has 96 valence electrons. The van der Waals surface area contributed by atoms with E-state index in [0.717, 1.165) is 5.56 Å². The van der Waals surface area contributed by atoms with Gasteiger partial charge in [0.1, 0.15) is 0 Å². The molecule has 0 aliphatic heterocycles. The fourth-order valence-electron chi connectivity index (χ4n) is 1.40. The second-order valence-electron chi connectivity index (χ2n) is 4.18. The van der Waals surface area contributed by atoms with Gasteiger partial charge in [0.2, 0.25) is 11.7 Å². The van der Waals surface area contributed by atoms with Crippen LogP contribution in [0.1, 0.15) is 18.4 Å². The Kier molecular flexibility index (Phi) is 4.38. The Balaban J connectivity index is 2.03. The molecule has 0 aliphatic rings. The quantitative estimate of drug-likeness (QED) is 0.899. The monoisotopic (exact) mass is 264 g/mol. The summed E-state index contributed by atoms with van der Waals surface area (Å²) in [5, 5.41) is 13.1. The molecule has 1 unspecified atom stereocenters. The van der Waals surface area contributed by atoms with Crippen molar-refractivity contribution < 1.29 is 9.63 Å². The molecule has 1 aromatic heterocycles. The van der Waals surface area contributed by atoms with Crippen LogP contribution in [0.3, 0.4) is 0 Å². The normalized spacial score (nSPS) is 12.6. The number of benzene rings is 1. The van der Waals surface area contributed by atoms with E-state index in [1.165, 1.54) is 5.56 Å². The highest BCUT2D eigenvalue weighted by molar-refractivity contribution is 7.99. The summed E-state index contributed by atoms with van der Waals surface area (Å²) in [6.45, 7) is 4.16. The van der Waals surface area contributed by atoms with Crippen LogP contribution >= 0.6 is 11.8 Å². The molecule has 0 saturated carbocycles. The molecule has 1 N–H and O–H groups in total. The number of nitrogens with zero attached hydrogens (tertiary/aromatic N) is 2. The van der Waals surface area contributed by atoms with Gasteiger partial charge in [0.15, 0.2) is 0 Å². The van der Waals surface area contributed by atoms with Gasteiger partial charge in [-0.2, -0.15) is 4.98 Å². The lowest BCUT2D eigenvalue weighted by Gasteiger charge is -2.03. The molecule has 0 bridgehead atoms. The molecule has 2 aromatic rings. The van der Waals surface area contributed by atoms with Crippen LogP contribution in [0.2, 0.25) is 0 Å². The van der Waals surface area contributed by atoms with E-state index in [-0.39, 0.29) is 11.9 Å². The molecule has 18 heavy (non-hydrogen) atoms. The second-order valence-corrected chi connectivity index (χ2v) is 5.61. The lowest BCUT2D eigenvalue weighted by atomic mass is 10.1. The van der Waals surface area contributed by atoms with Crippen LogP contribution in [0.15, 0.2) is 28.8 Å². The highest BCUT2D eigenvalue weighted by Crippen LogP contribution is 2.20. The Labute approximate surface area is 110 Å². The minimum Gasteiger partial charge on any atom is -0.395 e. The smallest absolute Gasteiger partial charge is 0.236 e. The van der Waals surface area contributed by atoms with Crippen LogP contribution in [0, 0.1) is 6.92 Å². The summed E-state index contributed by atoms with van der Waals surface area (Å²) < 4.78 is 5.18. The van der Waals surface area contributed by atoms with E-state index in [0.29, 0.717) is 17.5 Å². The average molecular weight is 264 g/mol. The van der Waals surface area contributed by atoms with E-state index in [1.54, 1.807) is 11.8 Å². The minimum atomic E-state index is 0.156. The van der Waals surface area contributed by atoms with Crippen molar-refractivity contribution in [2.24, 2.45) is 0 Å². The maximum absolute atomic E-state index is 8.93. The molecule has 1 atom stereocenters. The third-order valence-electron chi connectivity index (χ3n) is 2.53. The van der Waals surface area contributed by atoms with Gasteiger partial charge in [0, 0.05) is 10.8 Å². The van der Waals surface area contributed by atoms with Crippen molar-refractivity contribution in [1.82, 2.24) is 10.1 Å². The predicted octanol–water partition coefficient (Wildman–Crippen LogP) is 2.66. The van der Waals surface area contributed by atoms with E-state index in [4.69, 9.17) is 9.63 Å². The number of aliphatic hydroxyl groups excluding tert-OH is 1.